The number of nitrogens with zero attached hydrogens (tertiary/aromatic N) is 2. The van der Waals surface area contributed by atoms with Gasteiger partial charge in [0.05, 0.1) is 17.9 Å². The first-order valence-electron chi connectivity index (χ1n) is 6.91. The lowest BCUT2D eigenvalue weighted by Crippen LogP contribution is -2.11. The molecule has 0 saturated heterocycles. The second-order valence-corrected chi connectivity index (χ2v) is 4.98. The fraction of sp³-hybridized carbons (Fsp3) is 0.250. The van der Waals surface area contributed by atoms with Crippen LogP contribution in [-0.2, 0) is 6.42 Å². The van der Waals surface area contributed by atoms with Crippen molar-refractivity contribution in [3.63, 3.8) is 0 Å². The van der Waals surface area contributed by atoms with Crippen molar-refractivity contribution in [2.75, 3.05) is 0 Å². The Morgan fingerprint density at radius 1 is 1.19 bits per heavy atom. The minimum Gasteiger partial charge on any atom is -0.469 e. The Kier molecular flexibility index (Phi) is 3.83. The maximum Gasteiger partial charge on any atom is 0.243 e. The molecule has 2 heterocycles. The van der Waals surface area contributed by atoms with Crippen molar-refractivity contribution < 1.29 is 8.94 Å². The molecular formula is C16H17N3O2. The standard InChI is InChI=1S/C16H17N3O2/c1-11-13(9-10-20-11)15-18-16(21-19-15)14(17)8-7-12-5-3-2-4-6-12/h2-6,9-10,14H,7-8,17H2,1H3. The second-order valence-electron chi connectivity index (χ2n) is 4.98. The zero-order valence-electron chi connectivity index (χ0n) is 11.8. The lowest BCUT2D eigenvalue weighted by Gasteiger charge is -2.06. The summed E-state index contributed by atoms with van der Waals surface area (Å²) >= 11 is 0. The smallest absolute Gasteiger partial charge is 0.243 e. The molecule has 1 atom stereocenters. The Morgan fingerprint density at radius 3 is 2.71 bits per heavy atom. The van der Waals surface area contributed by atoms with E-state index in [4.69, 9.17) is 14.7 Å². The molecule has 3 rings (SSSR count). The van der Waals surface area contributed by atoms with E-state index >= 15 is 0 Å². The second kappa shape index (κ2) is 5.93. The average molecular weight is 283 g/mol. The van der Waals surface area contributed by atoms with Crippen molar-refractivity contribution in [1.29, 1.82) is 0 Å². The summed E-state index contributed by atoms with van der Waals surface area (Å²) in [5.41, 5.74) is 8.21. The van der Waals surface area contributed by atoms with Crippen LogP contribution in [0.3, 0.4) is 0 Å². The molecule has 2 aromatic heterocycles. The van der Waals surface area contributed by atoms with Crippen LogP contribution < -0.4 is 5.73 Å². The first-order valence-corrected chi connectivity index (χ1v) is 6.91. The van der Waals surface area contributed by atoms with E-state index in [9.17, 15) is 0 Å². The molecule has 0 saturated carbocycles. The van der Waals surface area contributed by atoms with Gasteiger partial charge in [-0.3, -0.25) is 0 Å². The first-order chi connectivity index (χ1) is 10.2. The van der Waals surface area contributed by atoms with Crippen LogP contribution in [0.25, 0.3) is 11.4 Å². The quantitative estimate of drug-likeness (QED) is 0.777. The summed E-state index contributed by atoms with van der Waals surface area (Å²) in [6, 6.07) is 11.8. The van der Waals surface area contributed by atoms with Crippen molar-refractivity contribution in [2.24, 2.45) is 5.73 Å². The highest BCUT2D eigenvalue weighted by molar-refractivity contribution is 5.56. The van der Waals surface area contributed by atoms with E-state index in [0.717, 1.165) is 24.2 Å². The summed E-state index contributed by atoms with van der Waals surface area (Å²) in [7, 11) is 0. The fourth-order valence-electron chi connectivity index (χ4n) is 2.20. The van der Waals surface area contributed by atoms with Crippen LogP contribution in [0.4, 0.5) is 0 Å². The van der Waals surface area contributed by atoms with Gasteiger partial charge in [-0.25, -0.2) is 0 Å². The van der Waals surface area contributed by atoms with Crippen molar-refractivity contribution in [1.82, 2.24) is 10.1 Å². The van der Waals surface area contributed by atoms with E-state index in [1.807, 2.05) is 31.2 Å². The van der Waals surface area contributed by atoms with Crippen LogP contribution in [0, 0.1) is 6.92 Å². The highest BCUT2D eigenvalue weighted by Crippen LogP contribution is 2.23. The molecule has 108 valence electrons. The molecule has 5 heteroatoms. The average Bonchev–Trinajstić information content (AvgIpc) is 3.14. The number of hydrogen-bond donors (Lipinski definition) is 1. The minimum absolute atomic E-state index is 0.265. The molecule has 0 radical (unpaired) electrons. The summed E-state index contributed by atoms with van der Waals surface area (Å²) in [6.45, 7) is 1.86. The van der Waals surface area contributed by atoms with Gasteiger partial charge in [-0.1, -0.05) is 35.5 Å². The maximum atomic E-state index is 6.13. The predicted octanol–water partition coefficient (Wildman–Crippen LogP) is 3.27. The van der Waals surface area contributed by atoms with Crippen molar-refractivity contribution in [3.05, 3.63) is 59.9 Å². The van der Waals surface area contributed by atoms with Gasteiger partial charge in [-0.2, -0.15) is 4.98 Å². The van der Waals surface area contributed by atoms with Crippen LogP contribution >= 0.6 is 0 Å². The SMILES string of the molecule is Cc1occc1-c1noc(C(N)CCc2ccccc2)n1. The van der Waals surface area contributed by atoms with Gasteiger partial charge in [0.25, 0.3) is 0 Å². The fourth-order valence-corrected chi connectivity index (χ4v) is 2.20. The molecule has 0 spiro atoms. The molecule has 0 aliphatic heterocycles. The van der Waals surface area contributed by atoms with Crippen LogP contribution in [0.2, 0.25) is 0 Å². The Morgan fingerprint density at radius 2 is 2.00 bits per heavy atom. The molecule has 2 N–H and O–H groups in total. The molecule has 0 fully saturated rings. The van der Waals surface area contributed by atoms with Gasteiger partial charge in [0.2, 0.25) is 11.7 Å². The largest absolute Gasteiger partial charge is 0.469 e. The molecule has 3 aromatic rings. The Bertz CT molecular complexity index is 703. The van der Waals surface area contributed by atoms with E-state index in [0.29, 0.717) is 11.7 Å². The van der Waals surface area contributed by atoms with Gasteiger partial charge in [-0.05, 0) is 31.4 Å². The third kappa shape index (κ3) is 3.03. The van der Waals surface area contributed by atoms with Crippen LogP contribution in [0.1, 0.15) is 29.7 Å². The van der Waals surface area contributed by atoms with Gasteiger partial charge < -0.3 is 14.7 Å². The summed E-state index contributed by atoms with van der Waals surface area (Å²) in [5, 5.41) is 3.97. The van der Waals surface area contributed by atoms with E-state index in [1.54, 1.807) is 6.26 Å². The van der Waals surface area contributed by atoms with Crippen LogP contribution in [0.15, 0.2) is 51.6 Å². The summed E-state index contributed by atoms with van der Waals surface area (Å²) < 4.78 is 10.5. The third-order valence-corrected chi connectivity index (χ3v) is 3.45. The Labute approximate surface area is 122 Å². The number of nitrogens with two attached hydrogens (primary N) is 1. The normalized spacial score (nSPS) is 12.5. The molecule has 1 aromatic carbocycles. The van der Waals surface area contributed by atoms with Crippen LogP contribution in [0.5, 0.6) is 0 Å². The van der Waals surface area contributed by atoms with E-state index in [-0.39, 0.29) is 6.04 Å². The molecule has 0 aliphatic carbocycles. The number of furan rings is 1. The zero-order valence-corrected chi connectivity index (χ0v) is 11.8. The number of aryl methyl sites for hydroxylation is 2. The third-order valence-electron chi connectivity index (χ3n) is 3.45. The number of rotatable bonds is 5. The lowest BCUT2D eigenvalue weighted by atomic mass is 10.1. The molecule has 5 nitrogen and oxygen atoms in total. The zero-order chi connectivity index (χ0) is 14.7. The van der Waals surface area contributed by atoms with Crippen molar-refractivity contribution in [3.8, 4) is 11.4 Å². The topological polar surface area (TPSA) is 78.1 Å². The van der Waals surface area contributed by atoms with E-state index in [2.05, 4.69) is 22.3 Å². The number of benzene rings is 1. The Balaban J connectivity index is 1.67. The molecule has 0 bridgehead atoms. The van der Waals surface area contributed by atoms with E-state index < -0.39 is 0 Å². The Hall–Kier alpha value is -2.40. The summed E-state index contributed by atoms with van der Waals surface area (Å²) in [4.78, 5) is 4.36. The van der Waals surface area contributed by atoms with Crippen molar-refractivity contribution in [2.45, 2.75) is 25.8 Å². The van der Waals surface area contributed by atoms with Gasteiger partial charge in [-0.15, -0.1) is 0 Å². The monoisotopic (exact) mass is 283 g/mol. The molecule has 0 amide bonds. The molecule has 0 aliphatic rings. The summed E-state index contributed by atoms with van der Waals surface area (Å²) in [5.74, 6) is 1.74. The minimum atomic E-state index is -0.265. The molecule has 21 heavy (non-hydrogen) atoms. The first kappa shape index (κ1) is 13.6. The van der Waals surface area contributed by atoms with Gasteiger partial charge in [0.15, 0.2) is 0 Å². The van der Waals surface area contributed by atoms with Gasteiger partial charge >= 0.3 is 0 Å². The van der Waals surface area contributed by atoms with Gasteiger partial charge in [0, 0.05) is 0 Å². The lowest BCUT2D eigenvalue weighted by molar-refractivity contribution is 0.349. The predicted molar refractivity (Wildman–Crippen MR) is 78.4 cm³/mol. The van der Waals surface area contributed by atoms with Crippen LogP contribution in [-0.4, -0.2) is 10.1 Å². The molecular weight excluding hydrogens is 266 g/mol. The number of hydrogen-bond acceptors (Lipinski definition) is 5. The maximum absolute atomic E-state index is 6.13. The van der Waals surface area contributed by atoms with Crippen molar-refractivity contribution >= 4 is 0 Å². The van der Waals surface area contributed by atoms with E-state index in [1.165, 1.54) is 5.56 Å². The highest BCUT2D eigenvalue weighted by atomic mass is 16.5. The summed E-state index contributed by atoms with van der Waals surface area (Å²) in [6.07, 6.45) is 3.25. The number of aromatic nitrogens is 2. The molecule has 1 unspecified atom stereocenters. The highest BCUT2D eigenvalue weighted by Gasteiger charge is 2.17. The van der Waals surface area contributed by atoms with Gasteiger partial charge in [0.1, 0.15) is 5.76 Å².